The fourth-order valence-electron chi connectivity index (χ4n) is 3.66. The van der Waals surface area contributed by atoms with Gasteiger partial charge in [0.15, 0.2) is 0 Å². The lowest BCUT2D eigenvalue weighted by atomic mass is 10.1. The van der Waals surface area contributed by atoms with E-state index in [-0.39, 0.29) is 18.0 Å². The van der Waals surface area contributed by atoms with Crippen molar-refractivity contribution in [3.05, 3.63) is 78.4 Å². The zero-order valence-corrected chi connectivity index (χ0v) is 14.4. The summed E-state index contributed by atoms with van der Waals surface area (Å²) < 4.78 is 0. The van der Waals surface area contributed by atoms with Gasteiger partial charge in [-0.15, -0.1) is 0 Å². The summed E-state index contributed by atoms with van der Waals surface area (Å²) in [6, 6.07) is 24.8. The highest BCUT2D eigenvalue weighted by Gasteiger charge is 2.37. The van der Waals surface area contributed by atoms with E-state index in [9.17, 15) is 4.79 Å². The van der Waals surface area contributed by atoms with E-state index in [1.807, 2.05) is 35.2 Å². The molecule has 1 aliphatic heterocycles. The molecule has 0 saturated carbocycles. The van der Waals surface area contributed by atoms with Crippen LogP contribution in [0.5, 0.6) is 0 Å². The Morgan fingerprint density at radius 3 is 2.48 bits per heavy atom. The lowest BCUT2D eigenvalue weighted by molar-refractivity contribution is -0.118. The largest absolute Gasteiger partial charge is 0.308 e. The summed E-state index contributed by atoms with van der Waals surface area (Å²) in [5, 5.41) is 5.93. The third kappa shape index (κ3) is 3.15. The quantitative estimate of drug-likeness (QED) is 0.780. The van der Waals surface area contributed by atoms with Crippen molar-refractivity contribution in [2.75, 3.05) is 4.90 Å². The Kier molecular flexibility index (Phi) is 4.24. The average Bonchev–Trinajstić information content (AvgIpc) is 2.94. The third-order valence-corrected chi connectivity index (χ3v) is 4.95. The van der Waals surface area contributed by atoms with Gasteiger partial charge in [0, 0.05) is 18.3 Å². The second-order valence-corrected chi connectivity index (χ2v) is 6.74. The van der Waals surface area contributed by atoms with Crippen LogP contribution < -0.4 is 10.2 Å². The predicted octanol–water partition coefficient (Wildman–Crippen LogP) is 4.12. The van der Waals surface area contributed by atoms with Crippen molar-refractivity contribution < 1.29 is 4.79 Å². The Morgan fingerprint density at radius 2 is 1.68 bits per heavy atom. The first kappa shape index (κ1) is 15.9. The van der Waals surface area contributed by atoms with Crippen LogP contribution in [0.1, 0.15) is 18.9 Å². The van der Waals surface area contributed by atoms with E-state index in [1.165, 1.54) is 16.3 Å². The highest BCUT2D eigenvalue weighted by atomic mass is 16.2. The van der Waals surface area contributed by atoms with E-state index in [0.717, 1.165) is 12.1 Å². The van der Waals surface area contributed by atoms with Gasteiger partial charge in [0.1, 0.15) is 0 Å². The molecule has 126 valence electrons. The molecule has 3 heteroatoms. The molecule has 0 aromatic heterocycles. The maximum Gasteiger partial charge on any atom is 0.244 e. The van der Waals surface area contributed by atoms with Gasteiger partial charge in [0.25, 0.3) is 0 Å². The van der Waals surface area contributed by atoms with Crippen LogP contribution in [0.4, 0.5) is 5.69 Å². The Balaban J connectivity index is 1.46. The van der Waals surface area contributed by atoms with Crippen LogP contribution in [-0.2, 0) is 11.3 Å². The molecule has 1 saturated heterocycles. The topological polar surface area (TPSA) is 32.3 Å². The number of para-hydroxylation sites is 1. The Labute approximate surface area is 148 Å². The van der Waals surface area contributed by atoms with Crippen LogP contribution >= 0.6 is 0 Å². The third-order valence-electron chi connectivity index (χ3n) is 4.95. The van der Waals surface area contributed by atoms with E-state index < -0.39 is 0 Å². The zero-order chi connectivity index (χ0) is 17.2. The van der Waals surface area contributed by atoms with Gasteiger partial charge in [-0.3, -0.25) is 4.79 Å². The molecule has 1 heterocycles. The van der Waals surface area contributed by atoms with Gasteiger partial charge in [0.05, 0.1) is 6.04 Å². The fraction of sp³-hybridized carbons (Fsp3) is 0.227. The molecule has 3 aromatic rings. The summed E-state index contributed by atoms with van der Waals surface area (Å²) in [6.07, 6.45) is 0.835. The number of fused-ring (bicyclic) bond motifs is 1. The Hall–Kier alpha value is -2.65. The van der Waals surface area contributed by atoms with E-state index in [2.05, 4.69) is 54.7 Å². The second kappa shape index (κ2) is 6.69. The van der Waals surface area contributed by atoms with Gasteiger partial charge in [-0.2, -0.15) is 0 Å². The van der Waals surface area contributed by atoms with E-state index in [1.54, 1.807) is 0 Å². The van der Waals surface area contributed by atoms with Crippen molar-refractivity contribution in [2.45, 2.75) is 32.0 Å². The van der Waals surface area contributed by atoms with Crippen molar-refractivity contribution in [1.29, 1.82) is 0 Å². The number of anilines is 1. The lowest BCUT2D eigenvalue weighted by Gasteiger charge is -2.21. The molecule has 25 heavy (non-hydrogen) atoms. The van der Waals surface area contributed by atoms with Gasteiger partial charge in [-0.25, -0.2) is 0 Å². The van der Waals surface area contributed by atoms with Gasteiger partial charge in [-0.1, -0.05) is 54.6 Å². The number of carbonyl (C=O) groups is 1. The van der Waals surface area contributed by atoms with Gasteiger partial charge in [0.2, 0.25) is 5.91 Å². The molecule has 0 bridgehead atoms. The van der Waals surface area contributed by atoms with Crippen molar-refractivity contribution in [3.63, 3.8) is 0 Å². The smallest absolute Gasteiger partial charge is 0.244 e. The molecule has 0 aliphatic carbocycles. The van der Waals surface area contributed by atoms with Gasteiger partial charge in [-0.05, 0) is 47.9 Å². The molecule has 3 nitrogen and oxygen atoms in total. The second-order valence-electron chi connectivity index (χ2n) is 6.74. The van der Waals surface area contributed by atoms with E-state index in [4.69, 9.17) is 0 Å². The van der Waals surface area contributed by atoms with Crippen molar-refractivity contribution in [3.8, 4) is 0 Å². The molecular formula is C22H22N2O. The number of carbonyl (C=O) groups excluding carboxylic acids is 1. The minimum atomic E-state index is -0.123. The lowest BCUT2D eigenvalue weighted by Crippen LogP contribution is -2.38. The van der Waals surface area contributed by atoms with Crippen molar-refractivity contribution >= 4 is 22.4 Å². The van der Waals surface area contributed by atoms with Gasteiger partial charge < -0.3 is 10.2 Å². The Bertz CT molecular complexity index is 891. The first-order valence-corrected chi connectivity index (χ1v) is 8.81. The van der Waals surface area contributed by atoms with Crippen LogP contribution in [0.3, 0.4) is 0 Å². The zero-order valence-electron chi connectivity index (χ0n) is 14.4. The monoisotopic (exact) mass is 330 g/mol. The van der Waals surface area contributed by atoms with Crippen LogP contribution in [0.2, 0.25) is 0 Å². The molecule has 3 aromatic carbocycles. The summed E-state index contributed by atoms with van der Waals surface area (Å²) in [5.74, 6) is 0.166. The maximum absolute atomic E-state index is 12.8. The standard InChI is InChI=1S/C22H22N2O/c1-16-13-21(22(25)24(16)20-9-3-2-4-10-20)23-15-17-11-12-18-7-5-6-8-19(18)14-17/h2-12,14,16,21,23H,13,15H2,1H3. The highest BCUT2D eigenvalue weighted by Crippen LogP contribution is 2.26. The minimum absolute atomic E-state index is 0.123. The molecule has 1 aliphatic rings. The summed E-state index contributed by atoms with van der Waals surface area (Å²) in [5.41, 5.74) is 2.19. The first-order valence-electron chi connectivity index (χ1n) is 8.81. The van der Waals surface area contributed by atoms with Crippen molar-refractivity contribution in [2.24, 2.45) is 0 Å². The molecule has 0 spiro atoms. The molecule has 4 rings (SSSR count). The molecule has 1 fully saturated rings. The Morgan fingerprint density at radius 1 is 0.960 bits per heavy atom. The van der Waals surface area contributed by atoms with Crippen LogP contribution in [-0.4, -0.2) is 18.0 Å². The number of nitrogens with zero attached hydrogens (tertiary/aromatic N) is 1. The fourth-order valence-corrected chi connectivity index (χ4v) is 3.66. The van der Waals surface area contributed by atoms with E-state index >= 15 is 0 Å². The summed E-state index contributed by atoms with van der Waals surface area (Å²) >= 11 is 0. The number of hydrogen-bond donors (Lipinski definition) is 1. The molecule has 2 unspecified atom stereocenters. The van der Waals surface area contributed by atoms with Crippen LogP contribution in [0.25, 0.3) is 10.8 Å². The average molecular weight is 330 g/mol. The summed E-state index contributed by atoms with van der Waals surface area (Å²) in [4.78, 5) is 14.7. The number of amides is 1. The number of hydrogen-bond acceptors (Lipinski definition) is 2. The molecule has 1 N–H and O–H groups in total. The van der Waals surface area contributed by atoms with Crippen LogP contribution in [0.15, 0.2) is 72.8 Å². The molecule has 0 radical (unpaired) electrons. The maximum atomic E-state index is 12.8. The minimum Gasteiger partial charge on any atom is -0.308 e. The van der Waals surface area contributed by atoms with Crippen LogP contribution in [0, 0.1) is 0 Å². The predicted molar refractivity (Wildman–Crippen MR) is 103 cm³/mol. The number of benzene rings is 3. The van der Waals surface area contributed by atoms with Crippen molar-refractivity contribution in [1.82, 2.24) is 5.32 Å². The molecule has 2 atom stereocenters. The SMILES string of the molecule is CC1CC(NCc2ccc3ccccc3c2)C(=O)N1c1ccccc1. The molecular weight excluding hydrogens is 308 g/mol. The first-order chi connectivity index (χ1) is 12.2. The highest BCUT2D eigenvalue weighted by molar-refractivity contribution is 6.00. The summed E-state index contributed by atoms with van der Waals surface area (Å²) in [6.45, 7) is 2.82. The molecule has 1 amide bonds. The summed E-state index contributed by atoms with van der Waals surface area (Å²) in [7, 11) is 0. The van der Waals surface area contributed by atoms with Gasteiger partial charge >= 0.3 is 0 Å². The number of nitrogens with one attached hydrogen (secondary N) is 1. The van der Waals surface area contributed by atoms with E-state index in [0.29, 0.717) is 6.54 Å². The number of rotatable bonds is 4. The normalized spacial score (nSPS) is 20.4.